The fourth-order valence-corrected chi connectivity index (χ4v) is 3.40. The van der Waals surface area contributed by atoms with Crippen LogP contribution >= 0.6 is 0 Å². The Morgan fingerprint density at radius 2 is 1.89 bits per heavy atom. The molecule has 106 valence electrons. The molecule has 0 amide bonds. The smallest absolute Gasteiger partial charge is 0.226 e. The van der Waals surface area contributed by atoms with Crippen molar-refractivity contribution >= 4 is 0 Å². The highest BCUT2D eigenvalue weighted by molar-refractivity contribution is 4.97. The second-order valence-corrected chi connectivity index (χ2v) is 6.15. The Morgan fingerprint density at radius 1 is 1.05 bits per heavy atom. The molecule has 2 heterocycles. The average molecular weight is 263 g/mol. The van der Waals surface area contributed by atoms with E-state index in [0.29, 0.717) is 11.8 Å². The van der Waals surface area contributed by atoms with Crippen LogP contribution < -0.4 is 5.32 Å². The number of nitrogens with one attached hydrogen (secondary N) is 1. The number of hydrogen-bond acceptors (Lipinski definition) is 4. The van der Waals surface area contributed by atoms with E-state index in [9.17, 15) is 0 Å². The van der Waals surface area contributed by atoms with Gasteiger partial charge in [-0.2, -0.15) is 4.98 Å². The first kappa shape index (κ1) is 13.1. The fourth-order valence-electron chi connectivity index (χ4n) is 3.40. The van der Waals surface area contributed by atoms with Crippen LogP contribution in [0.1, 0.15) is 69.0 Å². The van der Waals surface area contributed by atoms with E-state index in [1.807, 2.05) is 0 Å². The minimum Gasteiger partial charge on any atom is -0.339 e. The van der Waals surface area contributed by atoms with Crippen LogP contribution in [-0.4, -0.2) is 23.2 Å². The Balaban J connectivity index is 1.58. The fraction of sp³-hybridized carbons (Fsp3) is 0.867. The van der Waals surface area contributed by atoms with Crippen molar-refractivity contribution in [1.82, 2.24) is 15.5 Å². The van der Waals surface area contributed by atoms with E-state index in [1.165, 1.54) is 51.4 Å². The molecular formula is C15H25N3O. The van der Waals surface area contributed by atoms with E-state index in [4.69, 9.17) is 4.52 Å². The van der Waals surface area contributed by atoms with Gasteiger partial charge >= 0.3 is 0 Å². The van der Waals surface area contributed by atoms with Gasteiger partial charge in [-0.25, -0.2) is 0 Å². The minimum absolute atomic E-state index is 0.546. The van der Waals surface area contributed by atoms with Crippen LogP contribution in [0, 0.1) is 5.92 Å². The third-order valence-corrected chi connectivity index (χ3v) is 4.57. The van der Waals surface area contributed by atoms with Crippen molar-refractivity contribution in [2.24, 2.45) is 5.92 Å². The van der Waals surface area contributed by atoms with Gasteiger partial charge in [-0.1, -0.05) is 30.8 Å². The maximum atomic E-state index is 5.47. The van der Waals surface area contributed by atoms with Crippen LogP contribution in [0.3, 0.4) is 0 Å². The summed E-state index contributed by atoms with van der Waals surface area (Å²) >= 11 is 0. The quantitative estimate of drug-likeness (QED) is 0.852. The molecule has 0 radical (unpaired) electrons. The second kappa shape index (κ2) is 6.51. The molecule has 0 bridgehead atoms. The highest BCUT2D eigenvalue weighted by Gasteiger charge is 2.22. The van der Waals surface area contributed by atoms with Gasteiger partial charge in [-0.05, 0) is 44.7 Å². The summed E-state index contributed by atoms with van der Waals surface area (Å²) in [4.78, 5) is 4.66. The zero-order valence-corrected chi connectivity index (χ0v) is 11.7. The molecule has 4 nitrogen and oxygen atoms in total. The zero-order chi connectivity index (χ0) is 12.9. The van der Waals surface area contributed by atoms with E-state index < -0.39 is 0 Å². The lowest BCUT2D eigenvalue weighted by molar-refractivity contribution is 0.313. The standard InChI is InChI=1S/C15H25N3O/c1-2-4-8-13(7-3-1)15-17-14(19-18-15)10-12-6-5-9-16-11-12/h12-13,16H,1-11H2. The molecule has 3 rings (SSSR count). The Kier molecular flexibility index (Phi) is 4.49. The molecule has 1 aromatic heterocycles. The van der Waals surface area contributed by atoms with Crippen molar-refractivity contribution in [3.05, 3.63) is 11.7 Å². The minimum atomic E-state index is 0.546. The Morgan fingerprint density at radius 3 is 2.63 bits per heavy atom. The monoisotopic (exact) mass is 263 g/mol. The van der Waals surface area contributed by atoms with E-state index in [2.05, 4.69) is 15.5 Å². The Hall–Kier alpha value is -0.900. The summed E-state index contributed by atoms with van der Waals surface area (Å²) in [6.07, 6.45) is 11.4. The third-order valence-electron chi connectivity index (χ3n) is 4.57. The van der Waals surface area contributed by atoms with Gasteiger partial charge in [-0.3, -0.25) is 0 Å². The van der Waals surface area contributed by atoms with Crippen LogP contribution in [0.5, 0.6) is 0 Å². The van der Waals surface area contributed by atoms with Crippen LogP contribution in [0.15, 0.2) is 4.52 Å². The largest absolute Gasteiger partial charge is 0.339 e. The zero-order valence-electron chi connectivity index (χ0n) is 11.7. The van der Waals surface area contributed by atoms with Crippen LogP contribution in [-0.2, 0) is 6.42 Å². The molecule has 0 aromatic carbocycles. The molecule has 2 aliphatic rings. The van der Waals surface area contributed by atoms with Crippen molar-refractivity contribution in [3.63, 3.8) is 0 Å². The maximum absolute atomic E-state index is 5.47. The van der Waals surface area contributed by atoms with E-state index in [1.54, 1.807) is 0 Å². The second-order valence-electron chi connectivity index (χ2n) is 6.15. The van der Waals surface area contributed by atoms with Gasteiger partial charge in [0.1, 0.15) is 0 Å². The molecular weight excluding hydrogens is 238 g/mol. The lowest BCUT2D eigenvalue weighted by atomic mass is 9.96. The summed E-state index contributed by atoms with van der Waals surface area (Å²) in [5.74, 6) is 3.05. The number of nitrogens with zero attached hydrogens (tertiary/aromatic N) is 2. The molecule has 1 aliphatic heterocycles. The summed E-state index contributed by atoms with van der Waals surface area (Å²) in [5.41, 5.74) is 0. The molecule has 0 spiro atoms. The molecule has 1 aromatic rings. The van der Waals surface area contributed by atoms with Crippen LogP contribution in [0.2, 0.25) is 0 Å². The van der Waals surface area contributed by atoms with Crippen molar-refractivity contribution in [3.8, 4) is 0 Å². The van der Waals surface area contributed by atoms with Gasteiger partial charge in [-0.15, -0.1) is 0 Å². The molecule has 1 saturated heterocycles. The normalized spacial score (nSPS) is 26.2. The highest BCUT2D eigenvalue weighted by atomic mass is 16.5. The third kappa shape index (κ3) is 3.56. The van der Waals surface area contributed by atoms with Gasteiger partial charge in [0.25, 0.3) is 0 Å². The number of piperidine rings is 1. The average Bonchev–Trinajstić information content (AvgIpc) is 2.74. The summed E-state index contributed by atoms with van der Waals surface area (Å²) < 4.78 is 5.47. The van der Waals surface area contributed by atoms with Gasteiger partial charge in [0.2, 0.25) is 5.89 Å². The van der Waals surface area contributed by atoms with E-state index in [0.717, 1.165) is 31.2 Å². The summed E-state index contributed by atoms with van der Waals surface area (Å²) in [7, 11) is 0. The summed E-state index contributed by atoms with van der Waals surface area (Å²) in [6.45, 7) is 2.26. The first-order chi connectivity index (χ1) is 9.42. The molecule has 1 unspecified atom stereocenters. The van der Waals surface area contributed by atoms with Gasteiger partial charge < -0.3 is 9.84 Å². The Bertz CT molecular complexity index is 376. The lowest BCUT2D eigenvalue weighted by Crippen LogP contribution is -2.30. The topological polar surface area (TPSA) is 51.0 Å². The first-order valence-corrected chi connectivity index (χ1v) is 7.95. The number of rotatable bonds is 3. The summed E-state index contributed by atoms with van der Waals surface area (Å²) in [5, 5.41) is 7.68. The van der Waals surface area contributed by atoms with E-state index >= 15 is 0 Å². The van der Waals surface area contributed by atoms with Gasteiger partial charge in [0.05, 0.1) is 0 Å². The van der Waals surface area contributed by atoms with Crippen molar-refractivity contribution in [1.29, 1.82) is 0 Å². The molecule has 1 N–H and O–H groups in total. The van der Waals surface area contributed by atoms with Gasteiger partial charge in [0.15, 0.2) is 5.82 Å². The van der Waals surface area contributed by atoms with Crippen molar-refractivity contribution in [2.45, 2.75) is 63.7 Å². The van der Waals surface area contributed by atoms with Crippen molar-refractivity contribution in [2.75, 3.05) is 13.1 Å². The lowest BCUT2D eigenvalue weighted by Gasteiger charge is -2.20. The molecule has 1 aliphatic carbocycles. The molecule has 4 heteroatoms. The Labute approximate surface area is 115 Å². The maximum Gasteiger partial charge on any atom is 0.226 e. The van der Waals surface area contributed by atoms with Crippen molar-refractivity contribution < 1.29 is 4.52 Å². The molecule has 19 heavy (non-hydrogen) atoms. The first-order valence-electron chi connectivity index (χ1n) is 7.95. The number of hydrogen-bond donors (Lipinski definition) is 1. The van der Waals surface area contributed by atoms with Crippen LogP contribution in [0.4, 0.5) is 0 Å². The van der Waals surface area contributed by atoms with Gasteiger partial charge in [0, 0.05) is 12.3 Å². The molecule has 2 fully saturated rings. The van der Waals surface area contributed by atoms with E-state index in [-0.39, 0.29) is 0 Å². The highest BCUT2D eigenvalue weighted by Crippen LogP contribution is 2.30. The molecule has 1 atom stereocenters. The summed E-state index contributed by atoms with van der Waals surface area (Å²) in [6, 6.07) is 0. The predicted molar refractivity (Wildman–Crippen MR) is 74.0 cm³/mol. The number of aromatic nitrogens is 2. The predicted octanol–water partition coefficient (Wildman–Crippen LogP) is 3.05. The molecule has 1 saturated carbocycles. The SMILES string of the molecule is C1CCCC(c2noc(CC3CCCNC3)n2)CC1. The van der Waals surface area contributed by atoms with Crippen LogP contribution in [0.25, 0.3) is 0 Å².